The summed E-state index contributed by atoms with van der Waals surface area (Å²) in [6.07, 6.45) is 6.61. The van der Waals surface area contributed by atoms with Crippen LogP contribution in [0.15, 0.2) is 16.7 Å². The molecule has 1 heterocycles. The third-order valence-corrected chi connectivity index (χ3v) is 4.12. The lowest BCUT2D eigenvalue weighted by atomic mass is 10.1. The van der Waals surface area contributed by atoms with Gasteiger partial charge in [0, 0.05) is 24.3 Å². The van der Waals surface area contributed by atoms with Crippen molar-refractivity contribution in [3.05, 3.63) is 27.5 Å². The zero-order chi connectivity index (χ0) is 13.1. The first-order valence-electron chi connectivity index (χ1n) is 6.14. The molecular weight excluding hydrogens is 316 g/mol. The fourth-order valence-corrected chi connectivity index (χ4v) is 2.96. The van der Waals surface area contributed by atoms with Crippen molar-refractivity contribution >= 4 is 33.4 Å². The number of pyridine rings is 1. The molecule has 1 amide bonds. The summed E-state index contributed by atoms with van der Waals surface area (Å²) in [5, 5.41) is 0.265. The molecule has 1 fully saturated rings. The molecule has 0 aromatic carbocycles. The summed E-state index contributed by atoms with van der Waals surface area (Å²) in [6, 6.07) is 1.73. The van der Waals surface area contributed by atoms with Gasteiger partial charge in [0.1, 0.15) is 5.15 Å². The summed E-state index contributed by atoms with van der Waals surface area (Å²) >= 11 is 9.28. The second kappa shape index (κ2) is 6.02. The van der Waals surface area contributed by atoms with Gasteiger partial charge in [-0.25, -0.2) is 4.98 Å². The zero-order valence-electron chi connectivity index (χ0n) is 10.3. The van der Waals surface area contributed by atoms with Crippen LogP contribution >= 0.6 is 27.5 Å². The lowest BCUT2D eigenvalue weighted by Crippen LogP contribution is -2.31. The highest BCUT2D eigenvalue weighted by atomic mass is 79.9. The minimum Gasteiger partial charge on any atom is -0.341 e. The van der Waals surface area contributed by atoms with E-state index in [-0.39, 0.29) is 11.1 Å². The van der Waals surface area contributed by atoms with Crippen LogP contribution in [0.4, 0.5) is 0 Å². The molecule has 3 nitrogen and oxygen atoms in total. The van der Waals surface area contributed by atoms with Crippen LogP contribution in [0.3, 0.4) is 0 Å². The Morgan fingerprint density at radius 2 is 2.22 bits per heavy atom. The smallest absolute Gasteiger partial charge is 0.256 e. The Labute approximate surface area is 121 Å². The first kappa shape index (κ1) is 13.8. The maximum absolute atomic E-state index is 12.3. The molecule has 0 atom stereocenters. The van der Waals surface area contributed by atoms with Gasteiger partial charge in [0.2, 0.25) is 0 Å². The Hall–Kier alpha value is -0.610. The van der Waals surface area contributed by atoms with Crippen LogP contribution in [0.2, 0.25) is 5.15 Å². The molecule has 0 saturated heterocycles. The fourth-order valence-electron chi connectivity index (χ4n) is 2.44. The molecule has 1 saturated carbocycles. The summed E-state index contributed by atoms with van der Waals surface area (Å²) in [7, 11) is 1.83. The Balaban J connectivity index is 2.07. The topological polar surface area (TPSA) is 33.2 Å². The molecule has 1 aliphatic carbocycles. The van der Waals surface area contributed by atoms with Crippen molar-refractivity contribution in [1.82, 2.24) is 9.88 Å². The molecule has 0 spiro atoms. The Morgan fingerprint density at radius 3 is 2.89 bits per heavy atom. The highest BCUT2D eigenvalue weighted by molar-refractivity contribution is 9.10. The van der Waals surface area contributed by atoms with E-state index in [0.717, 1.165) is 11.0 Å². The van der Waals surface area contributed by atoms with Crippen molar-refractivity contribution < 1.29 is 4.79 Å². The van der Waals surface area contributed by atoms with Crippen LogP contribution in [-0.2, 0) is 0 Å². The van der Waals surface area contributed by atoms with Gasteiger partial charge in [0.05, 0.1) is 5.56 Å². The predicted molar refractivity (Wildman–Crippen MR) is 75.9 cm³/mol. The second-order valence-electron chi connectivity index (χ2n) is 4.83. The van der Waals surface area contributed by atoms with E-state index in [1.54, 1.807) is 17.2 Å². The van der Waals surface area contributed by atoms with Gasteiger partial charge in [-0.15, -0.1) is 0 Å². The van der Waals surface area contributed by atoms with E-state index >= 15 is 0 Å². The van der Waals surface area contributed by atoms with Gasteiger partial charge in [-0.3, -0.25) is 4.79 Å². The third kappa shape index (κ3) is 3.23. The molecule has 0 bridgehead atoms. The average molecular weight is 332 g/mol. The van der Waals surface area contributed by atoms with E-state index in [1.807, 2.05) is 7.05 Å². The van der Waals surface area contributed by atoms with Crippen LogP contribution in [0.25, 0.3) is 0 Å². The molecule has 0 aliphatic heterocycles. The van der Waals surface area contributed by atoms with Gasteiger partial charge < -0.3 is 4.90 Å². The summed E-state index contributed by atoms with van der Waals surface area (Å²) < 4.78 is 0.768. The standard InChI is InChI=1S/C13H16BrClN2O/c1-17(8-9-4-2-3-5-9)13(18)11-6-10(14)7-16-12(11)15/h6-7,9H,2-5,8H2,1H3. The number of aromatic nitrogens is 1. The van der Waals surface area contributed by atoms with Crippen LogP contribution < -0.4 is 0 Å². The van der Waals surface area contributed by atoms with E-state index in [9.17, 15) is 4.79 Å². The van der Waals surface area contributed by atoms with Crippen molar-refractivity contribution in [2.45, 2.75) is 25.7 Å². The maximum Gasteiger partial charge on any atom is 0.256 e. The van der Waals surface area contributed by atoms with E-state index in [0.29, 0.717) is 11.5 Å². The molecular formula is C13H16BrClN2O. The molecule has 1 aromatic heterocycles. The Morgan fingerprint density at radius 1 is 1.56 bits per heavy atom. The third-order valence-electron chi connectivity index (χ3n) is 3.39. The van der Waals surface area contributed by atoms with E-state index < -0.39 is 0 Å². The van der Waals surface area contributed by atoms with E-state index in [1.165, 1.54) is 25.7 Å². The van der Waals surface area contributed by atoms with Gasteiger partial charge >= 0.3 is 0 Å². The molecule has 1 aliphatic rings. The van der Waals surface area contributed by atoms with Crippen LogP contribution in [0.1, 0.15) is 36.0 Å². The molecule has 98 valence electrons. The Kier molecular flexibility index (Phi) is 4.62. The van der Waals surface area contributed by atoms with Crippen LogP contribution in [-0.4, -0.2) is 29.4 Å². The first-order valence-corrected chi connectivity index (χ1v) is 7.31. The second-order valence-corrected chi connectivity index (χ2v) is 6.10. The van der Waals surface area contributed by atoms with Crippen molar-refractivity contribution in [1.29, 1.82) is 0 Å². The first-order chi connectivity index (χ1) is 8.58. The number of amides is 1. The quantitative estimate of drug-likeness (QED) is 0.790. The minimum absolute atomic E-state index is 0.0549. The largest absolute Gasteiger partial charge is 0.341 e. The van der Waals surface area contributed by atoms with E-state index in [2.05, 4.69) is 20.9 Å². The number of hydrogen-bond acceptors (Lipinski definition) is 2. The van der Waals surface area contributed by atoms with Gasteiger partial charge in [-0.1, -0.05) is 24.4 Å². The summed E-state index contributed by atoms with van der Waals surface area (Å²) in [5.41, 5.74) is 0.464. The molecule has 2 rings (SSSR count). The fraction of sp³-hybridized carbons (Fsp3) is 0.538. The SMILES string of the molecule is CN(CC1CCCC1)C(=O)c1cc(Br)cnc1Cl. The van der Waals surface area contributed by atoms with Crippen LogP contribution in [0, 0.1) is 5.92 Å². The lowest BCUT2D eigenvalue weighted by Gasteiger charge is -2.21. The predicted octanol–water partition coefficient (Wildman–Crippen LogP) is 3.76. The van der Waals surface area contributed by atoms with Gasteiger partial charge in [0.25, 0.3) is 5.91 Å². The highest BCUT2D eigenvalue weighted by Crippen LogP contribution is 2.26. The normalized spacial score (nSPS) is 15.9. The molecule has 18 heavy (non-hydrogen) atoms. The molecule has 1 aromatic rings. The summed E-state index contributed by atoms with van der Waals surface area (Å²) in [5.74, 6) is 0.582. The summed E-state index contributed by atoms with van der Waals surface area (Å²) in [6.45, 7) is 0.807. The maximum atomic E-state index is 12.3. The van der Waals surface area contributed by atoms with Gasteiger partial charge in [-0.2, -0.15) is 0 Å². The number of hydrogen-bond donors (Lipinski definition) is 0. The number of rotatable bonds is 3. The zero-order valence-corrected chi connectivity index (χ0v) is 12.7. The lowest BCUT2D eigenvalue weighted by molar-refractivity contribution is 0.0773. The van der Waals surface area contributed by atoms with E-state index in [4.69, 9.17) is 11.6 Å². The summed E-state index contributed by atoms with van der Waals surface area (Å²) in [4.78, 5) is 18.0. The number of halogens is 2. The van der Waals surface area contributed by atoms with Gasteiger partial charge in [-0.05, 0) is 40.8 Å². The minimum atomic E-state index is -0.0549. The molecule has 0 radical (unpaired) electrons. The average Bonchev–Trinajstić information content (AvgIpc) is 2.84. The Bertz CT molecular complexity index is 447. The van der Waals surface area contributed by atoms with Crippen molar-refractivity contribution in [2.24, 2.45) is 5.92 Å². The van der Waals surface area contributed by atoms with Crippen molar-refractivity contribution in [3.63, 3.8) is 0 Å². The monoisotopic (exact) mass is 330 g/mol. The molecule has 5 heteroatoms. The van der Waals surface area contributed by atoms with Gasteiger partial charge in [0.15, 0.2) is 0 Å². The number of carbonyl (C=O) groups is 1. The van der Waals surface area contributed by atoms with Crippen molar-refractivity contribution in [2.75, 3.05) is 13.6 Å². The number of carbonyl (C=O) groups excluding carboxylic acids is 1. The highest BCUT2D eigenvalue weighted by Gasteiger charge is 2.22. The molecule has 0 N–H and O–H groups in total. The van der Waals surface area contributed by atoms with Crippen molar-refractivity contribution in [3.8, 4) is 0 Å². The van der Waals surface area contributed by atoms with Crippen LogP contribution in [0.5, 0.6) is 0 Å². The molecule has 0 unspecified atom stereocenters. The number of nitrogens with zero attached hydrogens (tertiary/aromatic N) is 2.